The number of hydrogen-bond donors (Lipinski definition) is 1. The third kappa shape index (κ3) is 4.32. The van der Waals surface area contributed by atoms with Crippen LogP contribution in [0.3, 0.4) is 0 Å². The van der Waals surface area contributed by atoms with Gasteiger partial charge in [-0.25, -0.2) is 0 Å². The fourth-order valence-electron chi connectivity index (χ4n) is 7.26. The summed E-state index contributed by atoms with van der Waals surface area (Å²) in [6.07, 6.45) is 10.6. The quantitative estimate of drug-likeness (QED) is 0.256. The number of esters is 1. The van der Waals surface area contributed by atoms with Gasteiger partial charge in [-0.2, -0.15) is 0 Å². The molecule has 7 atom stereocenters. The van der Waals surface area contributed by atoms with Gasteiger partial charge in [-0.1, -0.05) is 45.3 Å². The Hall–Kier alpha value is -1.80. The van der Waals surface area contributed by atoms with Gasteiger partial charge in [0.05, 0.1) is 35.8 Å². The highest BCUT2D eigenvalue weighted by Gasteiger charge is 2.77. The highest BCUT2D eigenvalue weighted by atomic mass is 32.2. The van der Waals surface area contributed by atoms with E-state index >= 15 is 0 Å². The van der Waals surface area contributed by atoms with Crippen LogP contribution in [0.25, 0.3) is 0 Å². The lowest BCUT2D eigenvalue weighted by molar-refractivity contribution is -0.155. The molecular formula is C28H42N2O5S. The van der Waals surface area contributed by atoms with Crippen molar-refractivity contribution in [3.63, 3.8) is 0 Å². The van der Waals surface area contributed by atoms with Crippen molar-refractivity contribution in [3.05, 3.63) is 25.3 Å². The van der Waals surface area contributed by atoms with E-state index in [1.165, 1.54) is 6.42 Å². The van der Waals surface area contributed by atoms with Gasteiger partial charge in [0.25, 0.3) is 0 Å². The molecule has 2 amide bonds. The number of aliphatic hydroxyl groups excluding tert-OH is 1. The Labute approximate surface area is 219 Å². The first-order valence-electron chi connectivity index (χ1n) is 13.7. The number of hydrogen-bond acceptors (Lipinski definition) is 6. The second kappa shape index (κ2) is 11.3. The van der Waals surface area contributed by atoms with Gasteiger partial charge < -0.3 is 19.6 Å². The van der Waals surface area contributed by atoms with Gasteiger partial charge in [0.15, 0.2) is 0 Å². The number of likely N-dealkylation sites (tertiary alicyclic amines) is 1. The maximum Gasteiger partial charge on any atom is 0.310 e. The van der Waals surface area contributed by atoms with Gasteiger partial charge in [0.2, 0.25) is 11.8 Å². The number of carbonyl (C=O) groups excluding carboxylic acids is 3. The highest BCUT2D eigenvalue weighted by molar-refractivity contribution is 8.02. The summed E-state index contributed by atoms with van der Waals surface area (Å²) < 4.78 is 4.88. The molecule has 3 unspecified atom stereocenters. The zero-order valence-corrected chi connectivity index (χ0v) is 22.6. The monoisotopic (exact) mass is 518 g/mol. The summed E-state index contributed by atoms with van der Waals surface area (Å²) in [5, 5.41) is 10.2. The van der Waals surface area contributed by atoms with Gasteiger partial charge in [-0.05, 0) is 38.0 Å². The van der Waals surface area contributed by atoms with Crippen molar-refractivity contribution >= 4 is 29.5 Å². The van der Waals surface area contributed by atoms with E-state index in [1.807, 2.05) is 11.8 Å². The fraction of sp³-hybridized carbons (Fsp3) is 0.750. The minimum atomic E-state index is -0.704. The first-order chi connectivity index (χ1) is 17.4. The van der Waals surface area contributed by atoms with Crippen LogP contribution in [-0.4, -0.2) is 80.6 Å². The third-order valence-corrected chi connectivity index (χ3v) is 11.0. The molecule has 8 heteroatoms. The molecule has 1 saturated carbocycles. The molecule has 0 radical (unpaired) electrons. The van der Waals surface area contributed by atoms with Crippen LogP contribution < -0.4 is 0 Å². The maximum atomic E-state index is 14.5. The van der Waals surface area contributed by atoms with Crippen molar-refractivity contribution in [2.45, 2.75) is 93.3 Å². The predicted octanol–water partition coefficient (Wildman–Crippen LogP) is 3.56. The molecule has 1 N–H and O–H groups in total. The lowest BCUT2D eigenvalue weighted by atomic mass is 9.66. The van der Waals surface area contributed by atoms with E-state index in [1.54, 1.807) is 28.8 Å². The minimum absolute atomic E-state index is 0.0423. The number of amides is 2. The number of fused-ring (bicyclic) bond motifs is 1. The van der Waals surface area contributed by atoms with E-state index in [9.17, 15) is 19.5 Å². The summed E-state index contributed by atoms with van der Waals surface area (Å²) in [5.74, 6) is -1.66. The van der Waals surface area contributed by atoms with Crippen molar-refractivity contribution in [3.8, 4) is 0 Å². The van der Waals surface area contributed by atoms with Crippen LogP contribution in [0.4, 0.5) is 0 Å². The minimum Gasteiger partial charge on any atom is -0.465 e. The van der Waals surface area contributed by atoms with E-state index < -0.39 is 28.7 Å². The van der Waals surface area contributed by atoms with Crippen LogP contribution >= 0.6 is 11.8 Å². The molecule has 3 aliphatic heterocycles. The number of ether oxygens (including phenoxy) is 1. The van der Waals surface area contributed by atoms with Crippen molar-refractivity contribution in [1.82, 2.24) is 9.80 Å². The van der Waals surface area contributed by atoms with Crippen LogP contribution in [-0.2, 0) is 19.1 Å². The van der Waals surface area contributed by atoms with Crippen LogP contribution in [0.2, 0.25) is 0 Å². The second-order valence-corrected chi connectivity index (χ2v) is 12.4. The SMILES string of the molecule is C=CCCOC(=O)[C@@H]1[C@H]2C(=O)N([C@@H](CC)CO)C(C(=O)N(CC=C)C3CCCCC3)C23S[C@@H]1CC3C. The lowest BCUT2D eigenvalue weighted by Gasteiger charge is -2.44. The Morgan fingerprint density at radius 2 is 2.00 bits per heavy atom. The average Bonchev–Trinajstić information content (AvgIpc) is 3.48. The number of thioether (sulfide) groups is 1. The first-order valence-corrected chi connectivity index (χ1v) is 14.5. The lowest BCUT2D eigenvalue weighted by Crippen LogP contribution is -2.60. The Bertz CT molecular complexity index is 870. The zero-order chi connectivity index (χ0) is 26.0. The number of nitrogens with zero attached hydrogens (tertiary/aromatic N) is 2. The topological polar surface area (TPSA) is 87.1 Å². The molecule has 3 heterocycles. The van der Waals surface area contributed by atoms with Crippen molar-refractivity contribution in [1.29, 1.82) is 0 Å². The first kappa shape index (κ1) is 27.2. The van der Waals surface area contributed by atoms with Gasteiger partial charge in [-0.15, -0.1) is 24.9 Å². The van der Waals surface area contributed by atoms with Gasteiger partial charge >= 0.3 is 5.97 Å². The fourth-order valence-corrected chi connectivity index (χ4v) is 9.65. The molecule has 1 spiro atoms. The van der Waals surface area contributed by atoms with Crippen molar-refractivity contribution in [2.75, 3.05) is 19.8 Å². The molecular weight excluding hydrogens is 476 g/mol. The van der Waals surface area contributed by atoms with Crippen molar-refractivity contribution < 1.29 is 24.2 Å². The molecule has 4 fully saturated rings. The maximum absolute atomic E-state index is 14.5. The largest absolute Gasteiger partial charge is 0.465 e. The molecule has 7 nitrogen and oxygen atoms in total. The molecule has 4 rings (SSSR count). The summed E-state index contributed by atoms with van der Waals surface area (Å²) in [7, 11) is 0. The Morgan fingerprint density at radius 1 is 1.28 bits per heavy atom. The zero-order valence-electron chi connectivity index (χ0n) is 21.8. The summed E-state index contributed by atoms with van der Waals surface area (Å²) in [6.45, 7) is 12.1. The number of carbonyl (C=O) groups is 3. The molecule has 1 aliphatic carbocycles. The predicted molar refractivity (Wildman–Crippen MR) is 141 cm³/mol. The second-order valence-electron chi connectivity index (χ2n) is 10.9. The normalized spacial score (nSPS) is 34.4. The highest BCUT2D eigenvalue weighted by Crippen LogP contribution is 2.69. The Kier molecular flexibility index (Phi) is 8.55. The molecule has 0 aromatic carbocycles. The van der Waals surface area contributed by atoms with Gasteiger partial charge in [-0.3, -0.25) is 14.4 Å². The van der Waals surface area contributed by atoms with Gasteiger partial charge in [0, 0.05) is 17.8 Å². The van der Waals surface area contributed by atoms with Crippen LogP contribution in [0.1, 0.15) is 65.2 Å². The van der Waals surface area contributed by atoms with Crippen molar-refractivity contribution in [2.24, 2.45) is 17.8 Å². The molecule has 0 aromatic heterocycles. The average molecular weight is 519 g/mol. The van der Waals surface area contributed by atoms with E-state index in [4.69, 9.17) is 4.74 Å². The molecule has 3 saturated heterocycles. The van der Waals surface area contributed by atoms with Crippen LogP contribution in [0.5, 0.6) is 0 Å². The molecule has 2 bridgehead atoms. The Morgan fingerprint density at radius 3 is 2.61 bits per heavy atom. The summed E-state index contributed by atoms with van der Waals surface area (Å²) in [4.78, 5) is 45.6. The molecule has 0 aromatic rings. The van der Waals surface area contributed by atoms with Gasteiger partial charge in [0.1, 0.15) is 6.04 Å². The third-order valence-electron chi connectivity index (χ3n) is 8.96. The molecule has 200 valence electrons. The van der Waals surface area contributed by atoms with E-state index in [0.29, 0.717) is 19.4 Å². The summed E-state index contributed by atoms with van der Waals surface area (Å²) in [5.41, 5.74) is 0. The van der Waals surface area contributed by atoms with E-state index in [2.05, 4.69) is 20.1 Å². The standard InChI is InChI=1S/C28H42N2O5S/c1-5-8-15-35-27(34)22-21-16-18(4)28(36-21)23(22)25(32)30(19(7-3)17-31)24(28)26(33)29(14-6-2)20-12-10-9-11-13-20/h5-6,18-24,31H,1-2,7-17H2,3-4H3/t18?,19-,21+,22-,23-,24?,28?/m0/s1. The van der Waals surface area contributed by atoms with Crippen LogP contribution in [0.15, 0.2) is 25.3 Å². The number of aliphatic hydroxyl groups is 1. The van der Waals surface area contributed by atoms with Crippen LogP contribution in [0, 0.1) is 17.8 Å². The molecule has 36 heavy (non-hydrogen) atoms. The Balaban J connectivity index is 1.75. The van der Waals surface area contributed by atoms with E-state index in [-0.39, 0.29) is 48.2 Å². The smallest absolute Gasteiger partial charge is 0.310 e. The van der Waals surface area contributed by atoms with E-state index in [0.717, 1.165) is 32.1 Å². The molecule has 4 aliphatic rings. The number of rotatable bonds is 11. The summed E-state index contributed by atoms with van der Waals surface area (Å²) >= 11 is 1.66. The summed E-state index contributed by atoms with van der Waals surface area (Å²) in [6, 6.07) is -1.04.